The Hall–Kier alpha value is -2.38. The average Bonchev–Trinajstić information content (AvgIpc) is 3.09. The summed E-state index contributed by atoms with van der Waals surface area (Å²) < 4.78 is 38.3. The third-order valence-corrected chi connectivity index (χ3v) is 4.44. The van der Waals surface area contributed by atoms with Crippen LogP contribution in [-0.4, -0.2) is 12.5 Å². The van der Waals surface area contributed by atoms with Gasteiger partial charge in [0.05, 0.1) is 17.5 Å². The van der Waals surface area contributed by atoms with Gasteiger partial charge >= 0.3 is 6.18 Å². The van der Waals surface area contributed by atoms with Crippen LogP contribution in [0, 0.1) is 12.8 Å². The Morgan fingerprint density at radius 1 is 1.19 bits per heavy atom. The van der Waals surface area contributed by atoms with Gasteiger partial charge in [-0.25, -0.2) is 5.43 Å². The summed E-state index contributed by atoms with van der Waals surface area (Å²) in [6, 6.07) is 12.7. The Morgan fingerprint density at radius 3 is 2.69 bits per heavy atom. The van der Waals surface area contributed by atoms with Gasteiger partial charge in [0.25, 0.3) is 0 Å². The molecule has 0 spiro atoms. The topological polar surface area (TPSA) is 53.2 Å². The number of nitrogens with one attached hydrogen (secondary N) is 3. The molecule has 0 saturated carbocycles. The Morgan fingerprint density at radius 2 is 1.96 bits per heavy atom. The third kappa shape index (κ3) is 4.23. The van der Waals surface area contributed by atoms with Crippen molar-refractivity contribution < 1.29 is 18.0 Å². The number of carbonyl (C=O) groups excluding carboxylic acids is 1. The first kappa shape index (κ1) is 18.4. The molecule has 1 aliphatic heterocycles. The van der Waals surface area contributed by atoms with E-state index in [1.807, 2.05) is 31.2 Å². The number of amides is 1. The number of rotatable bonds is 4. The van der Waals surface area contributed by atoms with E-state index in [0.29, 0.717) is 12.1 Å². The van der Waals surface area contributed by atoms with Crippen LogP contribution < -0.4 is 16.2 Å². The molecule has 1 aliphatic rings. The molecule has 2 unspecified atom stereocenters. The SMILES string of the molecule is Cc1cccc(C2NNCC2C(=O)NCc2cccc(C(F)(F)F)c2)c1. The number of halogens is 3. The van der Waals surface area contributed by atoms with Crippen molar-refractivity contribution >= 4 is 5.91 Å². The average molecular weight is 363 g/mol. The number of hydrazine groups is 1. The van der Waals surface area contributed by atoms with E-state index >= 15 is 0 Å². The molecule has 26 heavy (non-hydrogen) atoms. The van der Waals surface area contributed by atoms with E-state index < -0.39 is 11.7 Å². The summed E-state index contributed by atoms with van der Waals surface area (Å²) in [5.74, 6) is -0.547. The minimum absolute atomic E-state index is 0.0553. The lowest BCUT2D eigenvalue weighted by atomic mass is 9.93. The van der Waals surface area contributed by atoms with Gasteiger partial charge in [-0.05, 0) is 30.2 Å². The van der Waals surface area contributed by atoms with Crippen molar-refractivity contribution in [1.29, 1.82) is 0 Å². The Bertz CT molecular complexity index is 792. The van der Waals surface area contributed by atoms with E-state index in [1.54, 1.807) is 6.07 Å². The van der Waals surface area contributed by atoms with Crippen molar-refractivity contribution in [3.8, 4) is 0 Å². The molecule has 2 atom stereocenters. The third-order valence-electron chi connectivity index (χ3n) is 4.44. The van der Waals surface area contributed by atoms with Crippen LogP contribution in [0.5, 0.6) is 0 Å². The van der Waals surface area contributed by atoms with Gasteiger partial charge in [-0.15, -0.1) is 0 Å². The van der Waals surface area contributed by atoms with E-state index in [0.717, 1.165) is 23.3 Å². The molecule has 2 aromatic rings. The first-order chi connectivity index (χ1) is 12.3. The van der Waals surface area contributed by atoms with Crippen molar-refractivity contribution in [2.45, 2.75) is 25.7 Å². The van der Waals surface area contributed by atoms with Crippen molar-refractivity contribution in [1.82, 2.24) is 16.2 Å². The molecule has 3 N–H and O–H groups in total. The zero-order chi connectivity index (χ0) is 18.7. The van der Waals surface area contributed by atoms with Crippen molar-refractivity contribution in [2.75, 3.05) is 6.54 Å². The molecule has 4 nitrogen and oxygen atoms in total. The van der Waals surface area contributed by atoms with Gasteiger partial charge in [-0.1, -0.05) is 42.0 Å². The van der Waals surface area contributed by atoms with Crippen LogP contribution in [0.15, 0.2) is 48.5 Å². The summed E-state index contributed by atoms with van der Waals surface area (Å²) in [4.78, 5) is 12.6. The van der Waals surface area contributed by atoms with Crippen molar-refractivity contribution in [3.05, 3.63) is 70.8 Å². The fraction of sp³-hybridized carbons (Fsp3) is 0.316. The van der Waals surface area contributed by atoms with E-state index in [9.17, 15) is 18.0 Å². The molecule has 1 heterocycles. The summed E-state index contributed by atoms with van der Waals surface area (Å²) >= 11 is 0. The zero-order valence-electron chi connectivity index (χ0n) is 14.2. The minimum atomic E-state index is -4.39. The standard InChI is InChI=1S/C19H20F3N3O/c1-12-4-2-6-14(8-12)17-16(11-24-25-17)18(26)23-10-13-5-3-7-15(9-13)19(20,21)22/h2-9,16-17,24-25H,10-11H2,1H3,(H,23,26). The molecule has 0 radical (unpaired) electrons. The molecule has 1 fully saturated rings. The predicted octanol–water partition coefficient (Wildman–Crippen LogP) is 3.10. The maximum absolute atomic E-state index is 12.8. The molecule has 0 bridgehead atoms. The summed E-state index contributed by atoms with van der Waals surface area (Å²) in [7, 11) is 0. The molecule has 0 aliphatic carbocycles. The smallest absolute Gasteiger partial charge is 0.352 e. The minimum Gasteiger partial charge on any atom is -0.352 e. The fourth-order valence-corrected chi connectivity index (χ4v) is 3.10. The quantitative estimate of drug-likeness (QED) is 0.783. The van der Waals surface area contributed by atoms with Crippen LogP contribution in [0.3, 0.4) is 0 Å². The van der Waals surface area contributed by atoms with Crippen LogP contribution in [0.4, 0.5) is 13.2 Å². The van der Waals surface area contributed by atoms with Crippen LogP contribution in [0.25, 0.3) is 0 Å². The highest BCUT2D eigenvalue weighted by Gasteiger charge is 2.34. The lowest BCUT2D eigenvalue weighted by Gasteiger charge is -2.19. The number of benzene rings is 2. The zero-order valence-corrected chi connectivity index (χ0v) is 14.2. The summed E-state index contributed by atoms with van der Waals surface area (Å²) in [6.07, 6.45) is -4.39. The summed E-state index contributed by atoms with van der Waals surface area (Å²) in [6.45, 7) is 2.49. The normalized spacial score (nSPS) is 20.2. The van der Waals surface area contributed by atoms with E-state index in [1.165, 1.54) is 6.07 Å². The second-order valence-electron chi connectivity index (χ2n) is 6.44. The number of carbonyl (C=O) groups is 1. The Kier molecular flexibility index (Phi) is 5.29. The van der Waals surface area contributed by atoms with Gasteiger partial charge in [-0.3, -0.25) is 10.2 Å². The highest BCUT2D eigenvalue weighted by molar-refractivity contribution is 5.80. The first-order valence-electron chi connectivity index (χ1n) is 8.33. The van der Waals surface area contributed by atoms with Crippen LogP contribution >= 0.6 is 0 Å². The maximum atomic E-state index is 12.8. The monoisotopic (exact) mass is 363 g/mol. The van der Waals surface area contributed by atoms with Gasteiger partial charge in [-0.2, -0.15) is 13.2 Å². The Balaban J connectivity index is 1.66. The molecule has 1 amide bonds. The number of hydrogen-bond donors (Lipinski definition) is 3. The summed E-state index contributed by atoms with van der Waals surface area (Å²) in [5, 5.41) is 2.75. The second-order valence-corrected chi connectivity index (χ2v) is 6.44. The number of aryl methyl sites for hydroxylation is 1. The molecule has 7 heteroatoms. The Labute approximate surface area is 149 Å². The molecular formula is C19H20F3N3O. The van der Waals surface area contributed by atoms with E-state index in [4.69, 9.17) is 0 Å². The number of alkyl halides is 3. The van der Waals surface area contributed by atoms with Gasteiger partial charge in [0.15, 0.2) is 0 Å². The van der Waals surface area contributed by atoms with Gasteiger partial charge in [0.1, 0.15) is 0 Å². The van der Waals surface area contributed by atoms with Crippen molar-refractivity contribution in [3.63, 3.8) is 0 Å². The van der Waals surface area contributed by atoms with Gasteiger partial charge < -0.3 is 5.32 Å². The van der Waals surface area contributed by atoms with Crippen molar-refractivity contribution in [2.24, 2.45) is 5.92 Å². The van der Waals surface area contributed by atoms with E-state index in [-0.39, 0.29) is 24.4 Å². The fourth-order valence-electron chi connectivity index (χ4n) is 3.10. The first-order valence-corrected chi connectivity index (χ1v) is 8.33. The number of hydrogen-bond acceptors (Lipinski definition) is 3. The largest absolute Gasteiger partial charge is 0.416 e. The lowest BCUT2D eigenvalue weighted by Crippen LogP contribution is -2.34. The van der Waals surface area contributed by atoms with Crippen LogP contribution in [0.1, 0.15) is 28.3 Å². The highest BCUT2D eigenvalue weighted by atomic mass is 19.4. The molecule has 3 rings (SSSR count). The van der Waals surface area contributed by atoms with Gasteiger partial charge in [0, 0.05) is 13.1 Å². The highest BCUT2D eigenvalue weighted by Crippen LogP contribution is 2.30. The molecular weight excluding hydrogens is 343 g/mol. The predicted molar refractivity (Wildman–Crippen MR) is 91.8 cm³/mol. The molecule has 0 aromatic heterocycles. The maximum Gasteiger partial charge on any atom is 0.416 e. The lowest BCUT2D eigenvalue weighted by molar-refractivity contribution is -0.137. The molecule has 2 aromatic carbocycles. The van der Waals surface area contributed by atoms with Crippen LogP contribution in [-0.2, 0) is 17.5 Å². The molecule has 138 valence electrons. The van der Waals surface area contributed by atoms with Crippen LogP contribution in [0.2, 0.25) is 0 Å². The van der Waals surface area contributed by atoms with E-state index in [2.05, 4.69) is 16.2 Å². The second kappa shape index (κ2) is 7.47. The van der Waals surface area contributed by atoms with Gasteiger partial charge in [0.2, 0.25) is 5.91 Å². The summed E-state index contributed by atoms with van der Waals surface area (Å²) in [5.41, 5.74) is 7.88. The molecule has 1 saturated heterocycles.